The zero-order valence-corrected chi connectivity index (χ0v) is 17.4. The van der Waals surface area contributed by atoms with Gasteiger partial charge in [0.25, 0.3) is 0 Å². The first-order valence-corrected chi connectivity index (χ1v) is 10.2. The molecular weight excluding hydrogens is 350 g/mol. The molecule has 5 nitrogen and oxygen atoms in total. The maximum absolute atomic E-state index is 12.9. The lowest BCUT2D eigenvalue weighted by Crippen LogP contribution is -2.52. The van der Waals surface area contributed by atoms with Crippen molar-refractivity contribution in [2.24, 2.45) is 17.3 Å². The Labute approximate surface area is 164 Å². The van der Waals surface area contributed by atoms with Crippen LogP contribution in [0.3, 0.4) is 0 Å². The van der Waals surface area contributed by atoms with E-state index in [0.717, 1.165) is 57.8 Å². The average Bonchev–Trinajstić information content (AvgIpc) is 3.43. The molecule has 3 aliphatic rings. The SMILES string of the molecule is CC(C)(C)C(=O)N1CCCC(C(=O)N2CCC(NCC3CC3)CC2)C1.Cl. The summed E-state index contributed by atoms with van der Waals surface area (Å²) in [5.41, 5.74) is -0.365. The minimum Gasteiger partial charge on any atom is -0.342 e. The lowest BCUT2D eigenvalue weighted by Gasteiger charge is -2.39. The molecule has 150 valence electrons. The first-order chi connectivity index (χ1) is 11.8. The smallest absolute Gasteiger partial charge is 0.227 e. The van der Waals surface area contributed by atoms with E-state index in [-0.39, 0.29) is 35.6 Å². The fraction of sp³-hybridized carbons (Fsp3) is 0.900. The van der Waals surface area contributed by atoms with Gasteiger partial charge in [0.1, 0.15) is 0 Å². The number of nitrogens with zero attached hydrogens (tertiary/aromatic N) is 2. The van der Waals surface area contributed by atoms with Crippen molar-refractivity contribution in [1.82, 2.24) is 15.1 Å². The number of carbonyl (C=O) groups is 2. The van der Waals surface area contributed by atoms with Gasteiger partial charge in [0, 0.05) is 37.6 Å². The summed E-state index contributed by atoms with van der Waals surface area (Å²) in [4.78, 5) is 29.4. The van der Waals surface area contributed by atoms with E-state index in [1.807, 2.05) is 30.6 Å². The highest BCUT2D eigenvalue weighted by Crippen LogP contribution is 2.28. The first-order valence-electron chi connectivity index (χ1n) is 10.2. The molecule has 0 bridgehead atoms. The predicted molar refractivity (Wildman–Crippen MR) is 106 cm³/mol. The predicted octanol–water partition coefficient (Wildman–Crippen LogP) is 2.68. The van der Waals surface area contributed by atoms with E-state index in [2.05, 4.69) is 5.32 Å². The summed E-state index contributed by atoms with van der Waals surface area (Å²) >= 11 is 0. The number of amides is 2. The largest absolute Gasteiger partial charge is 0.342 e. The molecule has 1 aliphatic carbocycles. The van der Waals surface area contributed by atoms with Gasteiger partial charge in [-0.25, -0.2) is 0 Å². The lowest BCUT2D eigenvalue weighted by atomic mass is 9.90. The van der Waals surface area contributed by atoms with E-state index in [9.17, 15) is 9.59 Å². The van der Waals surface area contributed by atoms with Crippen molar-refractivity contribution < 1.29 is 9.59 Å². The van der Waals surface area contributed by atoms with E-state index in [1.165, 1.54) is 12.8 Å². The number of hydrogen-bond acceptors (Lipinski definition) is 3. The normalized spacial score (nSPS) is 25.0. The summed E-state index contributed by atoms with van der Waals surface area (Å²) in [6.07, 6.45) is 6.77. The molecule has 0 aromatic rings. The molecule has 0 spiro atoms. The van der Waals surface area contributed by atoms with Gasteiger partial charge < -0.3 is 15.1 Å². The van der Waals surface area contributed by atoms with Gasteiger partial charge in [-0.3, -0.25) is 9.59 Å². The van der Waals surface area contributed by atoms with Gasteiger partial charge >= 0.3 is 0 Å². The molecule has 26 heavy (non-hydrogen) atoms. The Kier molecular flexibility index (Phi) is 7.37. The van der Waals surface area contributed by atoms with Crippen molar-refractivity contribution in [1.29, 1.82) is 0 Å². The topological polar surface area (TPSA) is 52.7 Å². The number of likely N-dealkylation sites (tertiary alicyclic amines) is 2. The Morgan fingerprint density at radius 1 is 0.962 bits per heavy atom. The highest BCUT2D eigenvalue weighted by atomic mass is 35.5. The summed E-state index contributed by atoms with van der Waals surface area (Å²) < 4.78 is 0. The van der Waals surface area contributed by atoms with Gasteiger partial charge in [-0.2, -0.15) is 0 Å². The molecule has 0 radical (unpaired) electrons. The molecule has 3 rings (SSSR count). The molecule has 1 unspecified atom stereocenters. The van der Waals surface area contributed by atoms with Gasteiger partial charge in [0.15, 0.2) is 0 Å². The number of piperidine rings is 2. The highest BCUT2D eigenvalue weighted by molar-refractivity contribution is 5.85. The molecule has 2 saturated heterocycles. The van der Waals surface area contributed by atoms with Crippen LogP contribution >= 0.6 is 12.4 Å². The Balaban J connectivity index is 0.00000243. The van der Waals surface area contributed by atoms with Crippen LogP contribution in [0.4, 0.5) is 0 Å². The van der Waals surface area contributed by atoms with Gasteiger partial charge in [-0.05, 0) is 51.0 Å². The molecule has 1 atom stereocenters. The van der Waals surface area contributed by atoms with Crippen LogP contribution in [0.1, 0.15) is 59.3 Å². The second-order valence-corrected chi connectivity index (χ2v) is 9.29. The summed E-state index contributed by atoms with van der Waals surface area (Å²) in [5.74, 6) is 1.35. The number of nitrogens with one attached hydrogen (secondary N) is 1. The standard InChI is InChI=1S/C20H35N3O2.ClH/c1-20(2,3)19(25)23-10-4-5-16(14-23)18(24)22-11-8-17(9-12-22)21-13-15-6-7-15;/h15-17,21H,4-14H2,1-3H3;1H. The van der Waals surface area contributed by atoms with Crippen LogP contribution in [0.25, 0.3) is 0 Å². The Hall–Kier alpha value is -0.810. The zero-order chi connectivity index (χ0) is 18.0. The highest BCUT2D eigenvalue weighted by Gasteiger charge is 2.35. The molecular formula is C20H36ClN3O2. The molecule has 0 aromatic heterocycles. The summed E-state index contributed by atoms with van der Waals surface area (Å²) in [6, 6.07) is 0.579. The van der Waals surface area contributed by atoms with Gasteiger partial charge in [0.05, 0.1) is 5.92 Å². The molecule has 0 aromatic carbocycles. The van der Waals surface area contributed by atoms with Crippen molar-refractivity contribution in [3.05, 3.63) is 0 Å². The fourth-order valence-electron chi connectivity index (χ4n) is 4.06. The molecule has 1 N–H and O–H groups in total. The first kappa shape index (κ1) is 21.5. The molecule has 3 fully saturated rings. The Morgan fingerprint density at radius 3 is 2.19 bits per heavy atom. The zero-order valence-electron chi connectivity index (χ0n) is 16.6. The third-order valence-electron chi connectivity index (χ3n) is 5.90. The fourth-order valence-corrected chi connectivity index (χ4v) is 4.06. The van der Waals surface area contributed by atoms with Crippen LogP contribution in [-0.2, 0) is 9.59 Å². The van der Waals surface area contributed by atoms with Crippen molar-refractivity contribution >= 4 is 24.2 Å². The third-order valence-corrected chi connectivity index (χ3v) is 5.90. The summed E-state index contributed by atoms with van der Waals surface area (Å²) in [6.45, 7) is 10.2. The average molecular weight is 386 g/mol. The van der Waals surface area contributed by atoms with Crippen LogP contribution in [0.5, 0.6) is 0 Å². The number of hydrogen-bond donors (Lipinski definition) is 1. The summed E-state index contributed by atoms with van der Waals surface area (Å²) in [7, 11) is 0. The van der Waals surface area contributed by atoms with Crippen LogP contribution in [0.2, 0.25) is 0 Å². The van der Waals surface area contributed by atoms with E-state index in [1.54, 1.807) is 0 Å². The molecule has 2 aliphatic heterocycles. The molecule has 2 heterocycles. The molecule has 1 saturated carbocycles. The minimum atomic E-state index is -0.365. The van der Waals surface area contributed by atoms with E-state index in [0.29, 0.717) is 12.6 Å². The second-order valence-electron chi connectivity index (χ2n) is 9.29. The van der Waals surface area contributed by atoms with Gasteiger partial charge in [0.2, 0.25) is 11.8 Å². The van der Waals surface area contributed by atoms with Crippen LogP contribution in [0, 0.1) is 17.3 Å². The maximum atomic E-state index is 12.9. The lowest BCUT2D eigenvalue weighted by molar-refractivity contribution is -0.145. The van der Waals surface area contributed by atoms with Gasteiger partial charge in [-0.15, -0.1) is 12.4 Å². The summed E-state index contributed by atoms with van der Waals surface area (Å²) in [5, 5.41) is 3.67. The van der Waals surface area contributed by atoms with E-state index in [4.69, 9.17) is 0 Å². The minimum absolute atomic E-state index is 0. The van der Waals surface area contributed by atoms with Crippen molar-refractivity contribution in [3.8, 4) is 0 Å². The van der Waals surface area contributed by atoms with Crippen LogP contribution in [0.15, 0.2) is 0 Å². The number of halogens is 1. The van der Waals surface area contributed by atoms with Crippen LogP contribution < -0.4 is 5.32 Å². The third kappa shape index (κ3) is 5.59. The number of carbonyl (C=O) groups excluding carboxylic acids is 2. The Morgan fingerprint density at radius 2 is 1.62 bits per heavy atom. The molecule has 2 amide bonds. The van der Waals surface area contributed by atoms with E-state index < -0.39 is 0 Å². The van der Waals surface area contributed by atoms with Crippen molar-refractivity contribution in [2.45, 2.75) is 65.3 Å². The number of rotatable bonds is 4. The molecule has 6 heteroatoms. The van der Waals surface area contributed by atoms with Crippen LogP contribution in [-0.4, -0.2) is 60.4 Å². The van der Waals surface area contributed by atoms with Gasteiger partial charge in [-0.1, -0.05) is 20.8 Å². The van der Waals surface area contributed by atoms with Crippen molar-refractivity contribution in [2.75, 3.05) is 32.7 Å². The second kappa shape index (κ2) is 8.92. The van der Waals surface area contributed by atoms with E-state index >= 15 is 0 Å². The maximum Gasteiger partial charge on any atom is 0.227 e. The Bertz CT molecular complexity index is 494. The van der Waals surface area contributed by atoms with Crippen molar-refractivity contribution in [3.63, 3.8) is 0 Å². The quantitative estimate of drug-likeness (QED) is 0.809. The monoisotopic (exact) mass is 385 g/mol.